The average molecular weight is 356 g/mol. The number of carbonyl (C=O) groups excluding carboxylic acids is 1. The van der Waals surface area contributed by atoms with Crippen LogP contribution in [0.15, 0.2) is 29.2 Å². The average Bonchev–Trinajstić information content (AvgIpc) is 2.64. The van der Waals surface area contributed by atoms with Gasteiger partial charge in [-0.25, -0.2) is 4.57 Å². The predicted molar refractivity (Wildman–Crippen MR) is 98.2 cm³/mol. The van der Waals surface area contributed by atoms with Crippen LogP contribution in [0.25, 0.3) is 16.7 Å². The summed E-state index contributed by atoms with van der Waals surface area (Å²) in [5, 5.41) is 2.91. The van der Waals surface area contributed by atoms with Gasteiger partial charge in [0.25, 0.3) is 17.1 Å². The molecule has 0 unspecified atom stereocenters. The van der Waals surface area contributed by atoms with Gasteiger partial charge in [-0.15, -0.1) is 0 Å². The second-order valence-electron chi connectivity index (χ2n) is 6.11. The Hall–Kier alpha value is -3.00. The van der Waals surface area contributed by atoms with Gasteiger partial charge < -0.3 is 15.8 Å². The molecule has 0 saturated heterocycles. The number of fused-ring (bicyclic) bond motifs is 2. The van der Waals surface area contributed by atoms with E-state index >= 15 is 0 Å². The van der Waals surface area contributed by atoms with Crippen LogP contribution < -0.4 is 21.2 Å². The number of nitrogen functional groups attached to an aromatic ring is 1. The minimum Gasteiger partial charge on any atom is -0.385 e. The Morgan fingerprint density at radius 1 is 1.42 bits per heavy atom. The van der Waals surface area contributed by atoms with Crippen LogP contribution in [-0.2, 0) is 11.3 Å². The third-order valence-electron chi connectivity index (χ3n) is 4.30. The second-order valence-corrected chi connectivity index (χ2v) is 6.11. The molecule has 0 saturated carbocycles. The summed E-state index contributed by atoms with van der Waals surface area (Å²) in [6.07, 6.45) is 2.40. The quantitative estimate of drug-likeness (QED) is 0.392. The number of hydrogen-bond donors (Lipinski definition) is 2. The molecule has 0 fully saturated rings. The minimum atomic E-state index is -0.348. The van der Waals surface area contributed by atoms with Crippen LogP contribution >= 0.6 is 0 Å². The number of ether oxygens (including phenoxy) is 1. The van der Waals surface area contributed by atoms with Gasteiger partial charge in [-0.2, -0.15) is 0 Å². The number of anilines is 1. The fraction of sp³-hybridized carbons (Fsp3) is 0.333. The minimum absolute atomic E-state index is 0.237. The number of nitrogens with zero attached hydrogens (tertiary/aromatic N) is 3. The molecule has 0 bridgehead atoms. The van der Waals surface area contributed by atoms with Gasteiger partial charge in [0.2, 0.25) is 11.5 Å². The molecule has 3 N–H and O–H groups in total. The zero-order valence-electron chi connectivity index (χ0n) is 15.1. The summed E-state index contributed by atoms with van der Waals surface area (Å²) in [5.41, 5.74) is 8.18. The van der Waals surface area contributed by atoms with E-state index in [9.17, 15) is 9.59 Å². The molecule has 0 aliphatic heterocycles. The number of nitrogens with two attached hydrogens (primary N) is 1. The zero-order chi connectivity index (χ0) is 18.8. The maximum atomic E-state index is 13.0. The smallest absolute Gasteiger partial charge is 0.278 e. The summed E-state index contributed by atoms with van der Waals surface area (Å²) in [7, 11) is 3.14. The fourth-order valence-corrected chi connectivity index (χ4v) is 2.97. The summed E-state index contributed by atoms with van der Waals surface area (Å²) < 4.78 is 8.30. The van der Waals surface area contributed by atoms with Gasteiger partial charge in [-0.1, -0.05) is 11.1 Å². The van der Waals surface area contributed by atoms with Crippen LogP contribution in [0.2, 0.25) is 0 Å². The van der Waals surface area contributed by atoms with E-state index in [0.29, 0.717) is 36.3 Å². The van der Waals surface area contributed by atoms with Crippen LogP contribution in [-0.4, -0.2) is 36.1 Å². The molecule has 0 radical (unpaired) electrons. The first-order valence-electron chi connectivity index (χ1n) is 8.34. The number of nitrogens with one attached hydrogen (secondary N) is 1. The molecule has 3 heterocycles. The Bertz CT molecular complexity index is 1060. The van der Waals surface area contributed by atoms with Gasteiger partial charge in [0.05, 0.1) is 6.54 Å². The lowest BCUT2D eigenvalue weighted by molar-refractivity contribution is -0.659. The molecule has 26 heavy (non-hydrogen) atoms. The lowest BCUT2D eigenvalue weighted by Crippen LogP contribution is -2.43. The van der Waals surface area contributed by atoms with E-state index in [1.165, 1.54) is 17.5 Å². The van der Waals surface area contributed by atoms with Crippen LogP contribution in [0.3, 0.4) is 0 Å². The summed E-state index contributed by atoms with van der Waals surface area (Å²) in [6.45, 7) is 2.92. The number of amides is 1. The van der Waals surface area contributed by atoms with E-state index in [4.69, 9.17) is 10.5 Å². The van der Waals surface area contributed by atoms with Crippen molar-refractivity contribution in [2.75, 3.05) is 26.5 Å². The molecule has 8 nitrogen and oxygen atoms in total. The van der Waals surface area contributed by atoms with Crippen LogP contribution in [0.4, 0.5) is 5.82 Å². The van der Waals surface area contributed by atoms with E-state index in [-0.39, 0.29) is 22.8 Å². The lowest BCUT2D eigenvalue weighted by atomic mass is 10.1. The van der Waals surface area contributed by atoms with E-state index < -0.39 is 0 Å². The van der Waals surface area contributed by atoms with Gasteiger partial charge in [0, 0.05) is 33.4 Å². The highest BCUT2D eigenvalue weighted by molar-refractivity contribution is 6.00. The maximum absolute atomic E-state index is 13.0. The fourth-order valence-electron chi connectivity index (χ4n) is 2.97. The standard InChI is InChI=1S/C18H21N5O3/c1-11-5-6-14-21-16-13(18(25)23(14)10-11)9-12(17(24)20-2)15(19)22(16)7-4-8-26-3/h5-6,9-10,19H,4,7-8H2,1-3H3,(H,20,24)/p+1. The topological polar surface area (TPSA) is 103 Å². The van der Waals surface area contributed by atoms with Gasteiger partial charge in [-0.3, -0.25) is 14.0 Å². The Kier molecular flexibility index (Phi) is 4.85. The Labute approximate surface area is 150 Å². The summed E-state index contributed by atoms with van der Waals surface area (Å²) in [5.74, 6) is -0.0741. The highest BCUT2D eigenvalue weighted by Gasteiger charge is 2.23. The number of aromatic nitrogens is 3. The summed E-state index contributed by atoms with van der Waals surface area (Å²) >= 11 is 0. The van der Waals surface area contributed by atoms with Crippen molar-refractivity contribution in [2.24, 2.45) is 0 Å². The largest absolute Gasteiger partial charge is 0.385 e. The molecule has 3 aromatic rings. The summed E-state index contributed by atoms with van der Waals surface area (Å²) in [4.78, 5) is 29.9. The third-order valence-corrected chi connectivity index (χ3v) is 4.30. The number of carbonyl (C=O) groups is 1. The molecule has 0 aliphatic rings. The SMILES string of the molecule is CNC(=O)c1cc2c(=O)n3cc(C)ccc3nc2[n+](CCCOC)c1N. The molecule has 0 aromatic carbocycles. The monoisotopic (exact) mass is 356 g/mol. The Balaban J connectivity index is 2.37. The van der Waals surface area contributed by atoms with Gasteiger partial charge >= 0.3 is 0 Å². The predicted octanol–water partition coefficient (Wildman–Crippen LogP) is 0.422. The number of rotatable bonds is 5. The number of hydrogen-bond acceptors (Lipinski definition) is 5. The van der Waals surface area contributed by atoms with Crippen molar-refractivity contribution >= 4 is 28.4 Å². The van der Waals surface area contributed by atoms with Crippen molar-refractivity contribution in [2.45, 2.75) is 19.9 Å². The molecular formula is C18H22N5O3+. The van der Waals surface area contributed by atoms with Crippen molar-refractivity contribution in [3.8, 4) is 0 Å². The number of pyridine rings is 2. The Morgan fingerprint density at radius 2 is 2.19 bits per heavy atom. The van der Waals surface area contributed by atoms with Crippen molar-refractivity contribution < 1.29 is 14.1 Å². The highest BCUT2D eigenvalue weighted by Crippen LogP contribution is 2.15. The van der Waals surface area contributed by atoms with Crippen molar-refractivity contribution in [3.05, 3.63) is 45.9 Å². The van der Waals surface area contributed by atoms with Crippen molar-refractivity contribution in [1.29, 1.82) is 0 Å². The first-order valence-corrected chi connectivity index (χ1v) is 8.34. The van der Waals surface area contributed by atoms with Gasteiger partial charge in [-0.05, 0) is 24.6 Å². The first-order chi connectivity index (χ1) is 12.5. The molecule has 8 heteroatoms. The van der Waals surface area contributed by atoms with E-state index in [1.54, 1.807) is 23.9 Å². The number of methoxy groups -OCH3 is 1. The molecule has 1 amide bonds. The molecule has 3 aromatic heterocycles. The zero-order valence-corrected chi connectivity index (χ0v) is 15.1. The van der Waals surface area contributed by atoms with Gasteiger partial charge in [0.15, 0.2) is 0 Å². The highest BCUT2D eigenvalue weighted by atomic mass is 16.5. The maximum Gasteiger partial charge on any atom is 0.278 e. The molecule has 0 spiro atoms. The van der Waals surface area contributed by atoms with E-state index in [2.05, 4.69) is 10.3 Å². The van der Waals surface area contributed by atoms with Crippen LogP contribution in [0.1, 0.15) is 22.3 Å². The first kappa shape index (κ1) is 17.8. The summed E-state index contributed by atoms with van der Waals surface area (Å²) in [6, 6.07) is 5.20. The molecule has 0 atom stereocenters. The lowest BCUT2D eigenvalue weighted by Gasteiger charge is -2.11. The normalized spacial score (nSPS) is 11.2. The van der Waals surface area contributed by atoms with Gasteiger partial charge in [0.1, 0.15) is 10.9 Å². The molecule has 136 valence electrons. The Morgan fingerprint density at radius 3 is 2.88 bits per heavy atom. The van der Waals surface area contributed by atoms with Crippen molar-refractivity contribution in [3.63, 3.8) is 0 Å². The van der Waals surface area contributed by atoms with Crippen molar-refractivity contribution in [1.82, 2.24) is 14.7 Å². The molecular weight excluding hydrogens is 334 g/mol. The van der Waals surface area contributed by atoms with E-state index in [1.807, 2.05) is 13.0 Å². The van der Waals surface area contributed by atoms with E-state index in [0.717, 1.165) is 5.56 Å². The van der Waals surface area contributed by atoms with Crippen LogP contribution in [0.5, 0.6) is 0 Å². The third kappa shape index (κ3) is 2.99. The van der Waals surface area contributed by atoms with Crippen LogP contribution in [0, 0.1) is 6.92 Å². The number of aryl methyl sites for hydroxylation is 2. The second kappa shape index (κ2) is 7.09. The molecule has 3 rings (SSSR count). The molecule has 0 aliphatic carbocycles.